The first-order chi connectivity index (χ1) is 8.34. The van der Waals surface area contributed by atoms with Gasteiger partial charge in [0, 0.05) is 6.04 Å². The third-order valence-electron chi connectivity index (χ3n) is 3.99. The highest BCUT2D eigenvalue weighted by molar-refractivity contribution is 5.14. The average molecular weight is 231 g/mol. The molecule has 2 unspecified atom stereocenters. The quantitative estimate of drug-likeness (QED) is 0.781. The number of aryl methyl sites for hydroxylation is 1. The van der Waals surface area contributed by atoms with E-state index in [0.717, 1.165) is 5.92 Å². The van der Waals surface area contributed by atoms with Gasteiger partial charge in [-0.05, 0) is 37.2 Å². The fourth-order valence-corrected chi connectivity index (χ4v) is 3.01. The Morgan fingerprint density at radius 1 is 1.06 bits per heavy atom. The molecule has 0 aromatic heterocycles. The molecule has 0 radical (unpaired) electrons. The zero-order valence-corrected chi connectivity index (χ0v) is 10.8. The molecular formula is C16H25N. The van der Waals surface area contributed by atoms with Gasteiger partial charge in [-0.15, -0.1) is 0 Å². The van der Waals surface area contributed by atoms with Crippen molar-refractivity contribution in [2.45, 2.75) is 57.4 Å². The van der Waals surface area contributed by atoms with Gasteiger partial charge in [0.15, 0.2) is 0 Å². The van der Waals surface area contributed by atoms with Gasteiger partial charge in [-0.1, -0.05) is 56.0 Å². The van der Waals surface area contributed by atoms with Gasteiger partial charge < -0.3 is 5.73 Å². The van der Waals surface area contributed by atoms with E-state index in [9.17, 15) is 0 Å². The van der Waals surface area contributed by atoms with Crippen LogP contribution >= 0.6 is 0 Å². The maximum absolute atomic E-state index is 6.11. The van der Waals surface area contributed by atoms with E-state index in [4.69, 9.17) is 5.73 Å². The Morgan fingerprint density at radius 2 is 1.82 bits per heavy atom. The molecule has 1 aromatic rings. The van der Waals surface area contributed by atoms with E-state index in [1.165, 1.54) is 56.9 Å². The summed E-state index contributed by atoms with van der Waals surface area (Å²) in [7, 11) is 0. The molecule has 1 nitrogen and oxygen atoms in total. The molecule has 17 heavy (non-hydrogen) atoms. The van der Waals surface area contributed by atoms with E-state index < -0.39 is 0 Å². The summed E-state index contributed by atoms with van der Waals surface area (Å²) in [4.78, 5) is 0. The maximum atomic E-state index is 6.11. The Morgan fingerprint density at radius 3 is 2.65 bits per heavy atom. The summed E-state index contributed by atoms with van der Waals surface area (Å²) >= 11 is 0. The Labute approximate surface area is 105 Å². The van der Waals surface area contributed by atoms with Gasteiger partial charge in [0.05, 0.1) is 0 Å². The molecule has 0 bridgehead atoms. The lowest BCUT2D eigenvalue weighted by Gasteiger charge is -2.16. The Kier molecular flexibility index (Phi) is 5.06. The van der Waals surface area contributed by atoms with Gasteiger partial charge in [-0.25, -0.2) is 0 Å². The zero-order chi connectivity index (χ0) is 11.9. The van der Waals surface area contributed by atoms with E-state index in [0.29, 0.717) is 6.04 Å². The van der Waals surface area contributed by atoms with Crippen LogP contribution in [0.25, 0.3) is 0 Å². The number of rotatable bonds is 4. The molecule has 1 aliphatic carbocycles. The van der Waals surface area contributed by atoms with Crippen molar-refractivity contribution in [3.8, 4) is 0 Å². The molecule has 0 aliphatic heterocycles. The third kappa shape index (κ3) is 4.51. The second-order valence-corrected chi connectivity index (χ2v) is 5.52. The van der Waals surface area contributed by atoms with Crippen LogP contribution in [0.2, 0.25) is 0 Å². The predicted molar refractivity (Wildman–Crippen MR) is 73.9 cm³/mol. The maximum Gasteiger partial charge on any atom is 0.00414 e. The minimum absolute atomic E-state index is 0.472. The Balaban J connectivity index is 1.70. The number of nitrogens with two attached hydrogens (primary N) is 1. The van der Waals surface area contributed by atoms with Gasteiger partial charge in [0.1, 0.15) is 0 Å². The molecule has 2 atom stereocenters. The Hall–Kier alpha value is -0.820. The van der Waals surface area contributed by atoms with Crippen LogP contribution in [0.3, 0.4) is 0 Å². The summed E-state index contributed by atoms with van der Waals surface area (Å²) in [5.41, 5.74) is 7.59. The lowest BCUT2D eigenvalue weighted by atomic mass is 9.92. The van der Waals surface area contributed by atoms with Crippen molar-refractivity contribution in [2.24, 2.45) is 11.7 Å². The van der Waals surface area contributed by atoms with E-state index in [1.54, 1.807) is 0 Å². The lowest BCUT2D eigenvalue weighted by Crippen LogP contribution is -2.21. The van der Waals surface area contributed by atoms with Crippen LogP contribution in [0.1, 0.15) is 50.5 Å². The summed E-state index contributed by atoms with van der Waals surface area (Å²) in [6.45, 7) is 0. The van der Waals surface area contributed by atoms with Crippen molar-refractivity contribution in [3.05, 3.63) is 35.9 Å². The van der Waals surface area contributed by atoms with Crippen molar-refractivity contribution in [3.63, 3.8) is 0 Å². The summed E-state index contributed by atoms with van der Waals surface area (Å²) in [6, 6.07) is 11.3. The van der Waals surface area contributed by atoms with Gasteiger partial charge in [0.25, 0.3) is 0 Å². The molecule has 94 valence electrons. The first kappa shape index (κ1) is 12.6. The SMILES string of the molecule is NC1CCCCC(CCCc2ccccc2)C1. The molecule has 1 aromatic carbocycles. The van der Waals surface area contributed by atoms with E-state index in [-0.39, 0.29) is 0 Å². The molecule has 1 aliphatic rings. The van der Waals surface area contributed by atoms with Crippen molar-refractivity contribution in [1.82, 2.24) is 0 Å². The second-order valence-electron chi connectivity index (χ2n) is 5.52. The largest absolute Gasteiger partial charge is 0.328 e. The van der Waals surface area contributed by atoms with Crippen molar-refractivity contribution in [2.75, 3.05) is 0 Å². The number of hydrogen-bond donors (Lipinski definition) is 1. The van der Waals surface area contributed by atoms with Crippen molar-refractivity contribution >= 4 is 0 Å². The van der Waals surface area contributed by atoms with Crippen LogP contribution in [0.5, 0.6) is 0 Å². The molecule has 1 saturated carbocycles. The predicted octanol–water partition coefficient (Wildman–Crippen LogP) is 3.92. The average Bonchev–Trinajstić information content (AvgIpc) is 2.55. The van der Waals surface area contributed by atoms with Crippen LogP contribution in [-0.2, 0) is 6.42 Å². The molecule has 1 heteroatoms. The molecule has 2 rings (SSSR count). The van der Waals surface area contributed by atoms with Crippen LogP contribution in [0.4, 0.5) is 0 Å². The van der Waals surface area contributed by atoms with Gasteiger partial charge in [-0.2, -0.15) is 0 Å². The van der Waals surface area contributed by atoms with Crippen LogP contribution < -0.4 is 5.73 Å². The Bertz CT molecular complexity index is 307. The van der Waals surface area contributed by atoms with Crippen LogP contribution in [0, 0.1) is 5.92 Å². The number of benzene rings is 1. The van der Waals surface area contributed by atoms with Gasteiger partial charge in [-0.3, -0.25) is 0 Å². The normalized spacial score (nSPS) is 25.5. The second kappa shape index (κ2) is 6.80. The zero-order valence-electron chi connectivity index (χ0n) is 10.8. The highest BCUT2D eigenvalue weighted by atomic mass is 14.6. The van der Waals surface area contributed by atoms with Crippen LogP contribution in [0.15, 0.2) is 30.3 Å². The van der Waals surface area contributed by atoms with Crippen molar-refractivity contribution < 1.29 is 0 Å². The fourth-order valence-electron chi connectivity index (χ4n) is 3.01. The topological polar surface area (TPSA) is 26.0 Å². The fraction of sp³-hybridized carbons (Fsp3) is 0.625. The highest BCUT2D eigenvalue weighted by Crippen LogP contribution is 2.26. The van der Waals surface area contributed by atoms with E-state index >= 15 is 0 Å². The molecule has 1 fully saturated rings. The molecule has 0 saturated heterocycles. The van der Waals surface area contributed by atoms with Crippen molar-refractivity contribution in [1.29, 1.82) is 0 Å². The van der Waals surface area contributed by atoms with Gasteiger partial charge >= 0.3 is 0 Å². The monoisotopic (exact) mass is 231 g/mol. The standard InChI is InChI=1S/C16H25N/c17-16-12-5-4-9-15(13-16)11-6-10-14-7-2-1-3-8-14/h1-3,7-8,15-16H,4-6,9-13,17H2. The summed E-state index contributed by atoms with van der Waals surface area (Å²) in [5.74, 6) is 0.885. The minimum atomic E-state index is 0.472. The molecule has 0 heterocycles. The molecule has 2 N–H and O–H groups in total. The van der Waals surface area contributed by atoms with Gasteiger partial charge in [0.2, 0.25) is 0 Å². The minimum Gasteiger partial charge on any atom is -0.328 e. The van der Waals surface area contributed by atoms with E-state index in [2.05, 4.69) is 30.3 Å². The first-order valence-electron chi connectivity index (χ1n) is 7.14. The molecule has 0 spiro atoms. The highest BCUT2D eigenvalue weighted by Gasteiger charge is 2.16. The lowest BCUT2D eigenvalue weighted by molar-refractivity contribution is 0.395. The summed E-state index contributed by atoms with van der Waals surface area (Å²) in [6.07, 6.45) is 10.6. The smallest absolute Gasteiger partial charge is 0.00414 e. The van der Waals surface area contributed by atoms with Crippen LogP contribution in [-0.4, -0.2) is 6.04 Å². The molecular weight excluding hydrogens is 206 g/mol. The number of hydrogen-bond acceptors (Lipinski definition) is 1. The summed E-state index contributed by atoms with van der Waals surface area (Å²) < 4.78 is 0. The third-order valence-corrected chi connectivity index (χ3v) is 3.99. The summed E-state index contributed by atoms with van der Waals surface area (Å²) in [5, 5.41) is 0. The first-order valence-corrected chi connectivity index (χ1v) is 7.14. The molecule has 0 amide bonds. The van der Waals surface area contributed by atoms with E-state index in [1.807, 2.05) is 0 Å².